The fourth-order valence-corrected chi connectivity index (χ4v) is 4.35. The van der Waals surface area contributed by atoms with Gasteiger partial charge in [-0.1, -0.05) is 24.3 Å². The molecule has 1 aromatic heterocycles. The van der Waals surface area contributed by atoms with E-state index in [2.05, 4.69) is 9.44 Å². The highest BCUT2D eigenvalue weighted by Crippen LogP contribution is 2.36. The van der Waals surface area contributed by atoms with Gasteiger partial charge >= 0.3 is 10.1 Å². The minimum atomic E-state index is -4.34. The fourth-order valence-electron chi connectivity index (χ4n) is 2.50. The molecule has 0 bridgehead atoms. The summed E-state index contributed by atoms with van der Waals surface area (Å²) < 4.78 is 56.1. The van der Waals surface area contributed by atoms with E-state index >= 15 is 0 Å². The number of nitrogens with two attached hydrogens (primary N) is 2. The number of halogens is 2. The van der Waals surface area contributed by atoms with Gasteiger partial charge in [0.05, 0.1) is 4.88 Å². The fraction of sp³-hybridized carbons (Fsp3) is 0.0588. The largest absolute Gasteiger partial charge is 0.367 e. The van der Waals surface area contributed by atoms with E-state index in [0.717, 1.165) is 17.4 Å². The molecule has 0 aliphatic rings. The maximum atomic E-state index is 14.2. The lowest BCUT2D eigenvalue weighted by Crippen LogP contribution is -2.24. The quantitative estimate of drug-likeness (QED) is 0.271. The van der Waals surface area contributed by atoms with E-state index < -0.39 is 39.2 Å². The summed E-state index contributed by atoms with van der Waals surface area (Å²) in [7, 11) is -4.34. The van der Waals surface area contributed by atoms with Gasteiger partial charge in [-0.15, -0.1) is 11.3 Å². The van der Waals surface area contributed by atoms with Crippen LogP contribution >= 0.6 is 11.3 Å². The number of oxime groups is 1. The second kappa shape index (κ2) is 7.52. The molecule has 2 aromatic carbocycles. The smallest absolute Gasteiger partial charge is 0.336 e. The Morgan fingerprint density at radius 1 is 1.11 bits per heavy atom. The maximum Gasteiger partial charge on any atom is 0.336 e. The standard InChI is InChI=1S/C17H13F2N3O4S2/c18-12-5-1-4-10(16(12)19)9-3-2-6-14-11(9)7-15(27-14)13(23)8-28(24,25)26-22-17(20)21/h1-7H,8H2,(H4,20,21,22). The zero-order valence-electron chi connectivity index (χ0n) is 14.1. The molecule has 0 saturated heterocycles. The van der Waals surface area contributed by atoms with E-state index in [9.17, 15) is 22.0 Å². The number of fused-ring (bicyclic) bond motifs is 1. The number of Topliss-reactive ketones (excluding diaryl/α,β-unsaturated/α-hetero) is 1. The highest BCUT2D eigenvalue weighted by Gasteiger charge is 2.22. The number of rotatable bonds is 6. The Morgan fingerprint density at radius 3 is 2.50 bits per heavy atom. The Balaban J connectivity index is 1.98. The minimum Gasteiger partial charge on any atom is -0.367 e. The minimum absolute atomic E-state index is 0.0334. The van der Waals surface area contributed by atoms with Crippen LogP contribution < -0.4 is 11.5 Å². The highest BCUT2D eigenvalue weighted by molar-refractivity contribution is 7.87. The zero-order chi connectivity index (χ0) is 20.5. The number of nitrogens with zero attached hydrogens (tertiary/aromatic N) is 1. The van der Waals surface area contributed by atoms with Gasteiger partial charge < -0.3 is 11.5 Å². The van der Waals surface area contributed by atoms with Gasteiger partial charge in [-0.3, -0.25) is 9.08 Å². The molecular formula is C17H13F2N3O4S2. The van der Waals surface area contributed by atoms with E-state index in [1.807, 2.05) is 0 Å². The van der Waals surface area contributed by atoms with Gasteiger partial charge in [-0.2, -0.15) is 8.42 Å². The lowest BCUT2D eigenvalue weighted by atomic mass is 10.0. The van der Waals surface area contributed by atoms with Gasteiger partial charge in [-0.25, -0.2) is 8.78 Å². The highest BCUT2D eigenvalue weighted by atomic mass is 32.2. The Hall–Kier alpha value is -3.05. The van der Waals surface area contributed by atoms with Crippen LogP contribution in [0.15, 0.2) is 47.6 Å². The molecule has 0 atom stereocenters. The summed E-state index contributed by atoms with van der Waals surface area (Å²) in [5.74, 6) is -4.36. The first-order valence-corrected chi connectivity index (χ1v) is 10.1. The number of carbonyl (C=O) groups is 1. The van der Waals surface area contributed by atoms with Crippen molar-refractivity contribution >= 4 is 43.3 Å². The summed E-state index contributed by atoms with van der Waals surface area (Å²) >= 11 is 1.02. The molecule has 146 valence electrons. The predicted octanol–water partition coefficient (Wildman–Crippen LogP) is 2.56. The van der Waals surface area contributed by atoms with E-state index in [-0.39, 0.29) is 10.4 Å². The first kappa shape index (κ1) is 19.7. The van der Waals surface area contributed by atoms with Crippen molar-refractivity contribution in [2.45, 2.75) is 0 Å². The summed E-state index contributed by atoms with van der Waals surface area (Å²) in [4.78, 5) is 12.5. The molecule has 4 N–H and O–H groups in total. The van der Waals surface area contributed by atoms with Gasteiger partial charge in [-0.05, 0) is 28.9 Å². The van der Waals surface area contributed by atoms with Crippen LogP contribution in [0.5, 0.6) is 0 Å². The average molecular weight is 425 g/mol. The SMILES string of the molecule is NC(N)=NOS(=O)(=O)CC(=O)c1cc2c(-c3cccc(F)c3F)cccc2s1. The number of thiophene rings is 1. The number of guanidine groups is 1. The lowest BCUT2D eigenvalue weighted by Gasteiger charge is -2.05. The second-order valence-electron chi connectivity index (χ2n) is 5.65. The molecule has 3 rings (SSSR count). The van der Waals surface area contributed by atoms with Crippen LogP contribution in [0, 0.1) is 11.6 Å². The van der Waals surface area contributed by atoms with Crippen molar-refractivity contribution < 1.29 is 26.3 Å². The molecule has 1 heterocycles. The number of ketones is 1. The van der Waals surface area contributed by atoms with Crippen LogP contribution in [0.4, 0.5) is 8.78 Å². The van der Waals surface area contributed by atoms with Crippen LogP contribution in [0.1, 0.15) is 9.67 Å². The number of benzene rings is 2. The summed E-state index contributed by atoms with van der Waals surface area (Å²) in [5, 5.41) is 3.40. The Labute approximate surface area is 162 Å². The Bertz CT molecular complexity index is 1200. The molecular weight excluding hydrogens is 412 g/mol. The second-order valence-corrected chi connectivity index (χ2v) is 8.28. The maximum absolute atomic E-state index is 14.2. The van der Waals surface area contributed by atoms with Gasteiger partial charge in [0, 0.05) is 15.6 Å². The molecule has 0 fully saturated rings. The molecule has 0 radical (unpaired) electrons. The van der Waals surface area contributed by atoms with Gasteiger partial charge in [0.1, 0.15) is 0 Å². The lowest BCUT2D eigenvalue weighted by molar-refractivity contribution is 0.102. The molecule has 0 saturated carbocycles. The first-order chi connectivity index (χ1) is 13.2. The molecule has 0 aliphatic carbocycles. The summed E-state index contributed by atoms with van der Waals surface area (Å²) in [5.41, 5.74) is 10.4. The van der Waals surface area contributed by atoms with Gasteiger partial charge in [0.2, 0.25) is 5.96 Å². The van der Waals surface area contributed by atoms with Crippen molar-refractivity contribution in [3.63, 3.8) is 0 Å². The monoisotopic (exact) mass is 425 g/mol. The summed E-state index contributed by atoms with van der Waals surface area (Å²) in [6.07, 6.45) is 0. The average Bonchev–Trinajstić information content (AvgIpc) is 3.07. The van der Waals surface area contributed by atoms with Crippen LogP contribution in [0.2, 0.25) is 0 Å². The third-order valence-corrected chi connectivity index (χ3v) is 5.70. The molecule has 28 heavy (non-hydrogen) atoms. The van der Waals surface area contributed by atoms with Gasteiger partial charge in [0.25, 0.3) is 0 Å². The van der Waals surface area contributed by atoms with E-state index in [4.69, 9.17) is 11.5 Å². The Morgan fingerprint density at radius 2 is 1.79 bits per heavy atom. The Kier molecular flexibility index (Phi) is 5.29. The van der Waals surface area contributed by atoms with Crippen LogP contribution in [-0.4, -0.2) is 25.9 Å². The van der Waals surface area contributed by atoms with Crippen LogP contribution in [-0.2, 0) is 14.4 Å². The molecule has 7 nitrogen and oxygen atoms in total. The van der Waals surface area contributed by atoms with Crippen molar-refractivity contribution in [3.05, 3.63) is 59.0 Å². The number of carbonyl (C=O) groups excluding carboxylic acids is 1. The molecule has 3 aromatic rings. The van der Waals surface area contributed by atoms with Crippen LogP contribution in [0.3, 0.4) is 0 Å². The third-order valence-electron chi connectivity index (χ3n) is 3.64. The normalized spacial score (nSPS) is 11.4. The molecule has 0 unspecified atom stereocenters. The van der Waals surface area contributed by atoms with Crippen molar-refractivity contribution in [1.29, 1.82) is 0 Å². The molecule has 0 aliphatic heterocycles. The number of hydrogen-bond acceptors (Lipinski definition) is 6. The van der Waals surface area contributed by atoms with Crippen LogP contribution in [0.25, 0.3) is 21.2 Å². The topological polar surface area (TPSA) is 125 Å². The van der Waals surface area contributed by atoms with Crippen molar-refractivity contribution in [2.75, 3.05) is 5.75 Å². The van der Waals surface area contributed by atoms with Crippen molar-refractivity contribution in [2.24, 2.45) is 16.6 Å². The summed E-state index contributed by atoms with van der Waals surface area (Å²) in [6, 6.07) is 10.1. The van der Waals surface area contributed by atoms with E-state index in [0.29, 0.717) is 15.6 Å². The predicted molar refractivity (Wildman–Crippen MR) is 102 cm³/mol. The summed E-state index contributed by atoms with van der Waals surface area (Å²) in [6.45, 7) is 0. The van der Waals surface area contributed by atoms with E-state index in [1.54, 1.807) is 18.2 Å². The first-order valence-electron chi connectivity index (χ1n) is 7.68. The third kappa shape index (κ3) is 4.10. The van der Waals surface area contributed by atoms with Gasteiger partial charge in [0.15, 0.2) is 23.2 Å². The molecule has 0 amide bonds. The molecule has 11 heteroatoms. The van der Waals surface area contributed by atoms with Crippen molar-refractivity contribution in [1.82, 2.24) is 0 Å². The van der Waals surface area contributed by atoms with Crippen molar-refractivity contribution in [3.8, 4) is 11.1 Å². The zero-order valence-corrected chi connectivity index (χ0v) is 15.7. The molecule has 0 spiro atoms. The number of hydrogen-bond donors (Lipinski definition) is 2. The van der Waals surface area contributed by atoms with E-state index in [1.165, 1.54) is 18.2 Å².